The van der Waals surface area contributed by atoms with Crippen molar-refractivity contribution >= 4 is 21.1 Å². The highest BCUT2D eigenvalue weighted by atomic mass is 32.2. The summed E-state index contributed by atoms with van der Waals surface area (Å²) in [5.74, 6) is 0.726. The Labute approximate surface area is 225 Å². The van der Waals surface area contributed by atoms with E-state index in [0.717, 1.165) is 29.7 Å². The van der Waals surface area contributed by atoms with E-state index in [-0.39, 0.29) is 28.4 Å². The Kier molecular flexibility index (Phi) is 8.02. The number of piperazine rings is 1. The van der Waals surface area contributed by atoms with Crippen LogP contribution in [0.15, 0.2) is 27.9 Å². The van der Waals surface area contributed by atoms with E-state index in [1.165, 1.54) is 0 Å². The first kappa shape index (κ1) is 28.3. The van der Waals surface area contributed by atoms with E-state index < -0.39 is 10.0 Å². The van der Waals surface area contributed by atoms with Crippen molar-refractivity contribution in [3.8, 4) is 17.1 Å². The number of aromatic amines is 1. The van der Waals surface area contributed by atoms with Crippen LogP contribution in [-0.4, -0.2) is 81.8 Å². The Morgan fingerprint density at radius 2 is 1.76 bits per heavy atom. The van der Waals surface area contributed by atoms with Gasteiger partial charge in [0.15, 0.2) is 5.52 Å². The van der Waals surface area contributed by atoms with Crippen LogP contribution in [0, 0.1) is 0 Å². The molecule has 0 aliphatic carbocycles. The molecule has 0 bridgehead atoms. The van der Waals surface area contributed by atoms with Crippen molar-refractivity contribution in [2.45, 2.75) is 71.4 Å². The summed E-state index contributed by atoms with van der Waals surface area (Å²) >= 11 is 0. The summed E-state index contributed by atoms with van der Waals surface area (Å²) in [5.41, 5.74) is 1.76. The molecule has 1 aromatic carbocycles. The number of quaternary nitrogens is 1. The molecule has 1 aliphatic heterocycles. The quantitative estimate of drug-likeness (QED) is 0.413. The lowest BCUT2D eigenvalue weighted by atomic mass is 10.0. The molecule has 11 heteroatoms. The molecule has 1 aliphatic rings. The Morgan fingerprint density at radius 1 is 1.11 bits per heavy atom. The molecule has 0 radical (unpaired) electrons. The van der Waals surface area contributed by atoms with Gasteiger partial charge in [0.05, 0.1) is 48.9 Å². The number of sulfonamides is 1. The molecule has 4 rings (SSSR count). The van der Waals surface area contributed by atoms with Crippen molar-refractivity contribution in [2.24, 2.45) is 7.05 Å². The lowest BCUT2D eigenvalue weighted by molar-refractivity contribution is -0.970. The Bertz CT molecular complexity index is 1460. The zero-order valence-electron chi connectivity index (χ0n) is 23.6. The van der Waals surface area contributed by atoms with Crippen molar-refractivity contribution < 1.29 is 17.6 Å². The van der Waals surface area contributed by atoms with Crippen molar-refractivity contribution in [2.75, 3.05) is 32.8 Å². The molecule has 1 saturated heterocycles. The minimum absolute atomic E-state index is 0.158. The van der Waals surface area contributed by atoms with Gasteiger partial charge in [-0.2, -0.15) is 9.40 Å². The van der Waals surface area contributed by atoms with Crippen molar-refractivity contribution in [1.29, 1.82) is 0 Å². The molecule has 1 N–H and O–H groups in total. The number of aromatic nitrogens is 4. The number of ether oxygens (including phenoxy) is 1. The van der Waals surface area contributed by atoms with Gasteiger partial charge in [0, 0.05) is 7.05 Å². The fourth-order valence-corrected chi connectivity index (χ4v) is 7.78. The van der Waals surface area contributed by atoms with E-state index in [1.807, 2.05) is 13.8 Å². The third-order valence-electron chi connectivity index (χ3n) is 8.26. The van der Waals surface area contributed by atoms with Crippen molar-refractivity contribution in [3.63, 3.8) is 0 Å². The summed E-state index contributed by atoms with van der Waals surface area (Å²) in [5, 5.41) is 4.49. The van der Waals surface area contributed by atoms with Crippen LogP contribution in [0.1, 0.15) is 53.7 Å². The fourth-order valence-electron chi connectivity index (χ4n) is 6.15. The summed E-state index contributed by atoms with van der Waals surface area (Å²) in [6.07, 6.45) is 1.54. The molecule has 0 spiro atoms. The van der Waals surface area contributed by atoms with Gasteiger partial charge in [-0.15, -0.1) is 0 Å². The van der Waals surface area contributed by atoms with Crippen LogP contribution in [-0.2, 0) is 23.5 Å². The smallest absolute Gasteiger partial charge is 0.277 e. The first-order valence-electron chi connectivity index (χ1n) is 13.6. The third-order valence-corrected chi connectivity index (χ3v) is 10.1. The van der Waals surface area contributed by atoms with Gasteiger partial charge in [-0.1, -0.05) is 13.3 Å². The number of hydrogen-bond acceptors (Lipinski definition) is 6. The molecule has 0 saturated carbocycles. The minimum atomic E-state index is -3.79. The molecule has 2 aromatic heterocycles. The molecule has 0 unspecified atom stereocenters. The van der Waals surface area contributed by atoms with Gasteiger partial charge in [0.1, 0.15) is 29.2 Å². The van der Waals surface area contributed by atoms with Crippen LogP contribution in [0.2, 0.25) is 0 Å². The highest BCUT2D eigenvalue weighted by Gasteiger charge is 2.45. The monoisotopic (exact) mass is 545 g/mol. The maximum absolute atomic E-state index is 13.9. The molecule has 38 heavy (non-hydrogen) atoms. The third kappa shape index (κ3) is 4.65. The molecule has 1 fully saturated rings. The molecule has 208 valence electrons. The first-order valence-corrected chi connectivity index (χ1v) is 15.1. The number of fused-ring (bicyclic) bond motifs is 1. The molecular weight excluding hydrogens is 504 g/mol. The van der Waals surface area contributed by atoms with E-state index in [4.69, 9.17) is 9.72 Å². The number of likely N-dealkylation sites (N-methyl/N-ethyl adjacent to an activating group) is 1. The molecule has 10 nitrogen and oxygen atoms in total. The number of hydrogen-bond donors (Lipinski definition) is 1. The van der Waals surface area contributed by atoms with E-state index in [0.29, 0.717) is 48.5 Å². The number of aryl methyl sites for hydroxylation is 2. The number of nitrogens with one attached hydrogen (secondary N) is 1. The average Bonchev–Trinajstić information content (AvgIpc) is 3.20. The standard InChI is InChI=1S/C27H40N6O4S/c1-8-12-22-24-25(31(7)30-22)27(34)29-26(28-24)21-15-20(13-14-23(21)37-11-4)38(35,36)32-16-18(5)33(9-2,10-3)19(6)17-32/h13-15,18-19H,8-12,16-17H2,1-7H3/p+1/t18-,19+. The number of rotatable bonds is 9. The predicted molar refractivity (Wildman–Crippen MR) is 149 cm³/mol. The minimum Gasteiger partial charge on any atom is -0.493 e. The summed E-state index contributed by atoms with van der Waals surface area (Å²) < 4.78 is 37.7. The molecule has 2 atom stereocenters. The lowest BCUT2D eigenvalue weighted by Crippen LogP contribution is -2.69. The van der Waals surface area contributed by atoms with Crippen LogP contribution < -0.4 is 10.3 Å². The van der Waals surface area contributed by atoms with E-state index in [2.05, 4.69) is 37.8 Å². The van der Waals surface area contributed by atoms with Gasteiger partial charge in [0.25, 0.3) is 5.56 Å². The SMILES string of the molecule is CCCc1nn(C)c2c(=O)[nH]c(-c3cc(S(=O)(=O)N4C[C@@H](C)[N+](CC)(CC)[C@@H](C)C4)ccc3OCC)nc12. The van der Waals surface area contributed by atoms with Gasteiger partial charge in [-0.25, -0.2) is 13.4 Å². The number of H-pyrrole nitrogens is 1. The zero-order chi connectivity index (χ0) is 27.8. The molecule has 0 amide bonds. The van der Waals surface area contributed by atoms with Gasteiger partial charge in [-0.05, 0) is 59.2 Å². The van der Waals surface area contributed by atoms with Crippen LogP contribution in [0.3, 0.4) is 0 Å². The average molecular weight is 546 g/mol. The van der Waals surface area contributed by atoms with Gasteiger partial charge >= 0.3 is 0 Å². The highest BCUT2D eigenvalue weighted by molar-refractivity contribution is 7.89. The Balaban J connectivity index is 1.81. The second-order valence-electron chi connectivity index (χ2n) is 10.3. The Hall–Kier alpha value is -2.76. The van der Waals surface area contributed by atoms with Crippen LogP contribution in [0.25, 0.3) is 22.4 Å². The largest absolute Gasteiger partial charge is 0.493 e. The van der Waals surface area contributed by atoms with E-state index >= 15 is 0 Å². The highest BCUT2D eigenvalue weighted by Crippen LogP contribution is 2.34. The topological polar surface area (TPSA) is 110 Å². The van der Waals surface area contributed by atoms with Crippen molar-refractivity contribution in [1.82, 2.24) is 24.1 Å². The summed E-state index contributed by atoms with van der Waals surface area (Å²) in [6.45, 7) is 15.8. The summed E-state index contributed by atoms with van der Waals surface area (Å²) in [6, 6.07) is 5.16. The van der Waals surface area contributed by atoms with Crippen LogP contribution in [0.5, 0.6) is 5.75 Å². The van der Waals surface area contributed by atoms with Gasteiger partial charge in [-0.3, -0.25) is 9.48 Å². The lowest BCUT2D eigenvalue weighted by Gasteiger charge is -2.52. The second-order valence-corrected chi connectivity index (χ2v) is 12.2. The van der Waals surface area contributed by atoms with E-state index in [9.17, 15) is 13.2 Å². The summed E-state index contributed by atoms with van der Waals surface area (Å²) in [7, 11) is -2.07. The second kappa shape index (κ2) is 10.8. The van der Waals surface area contributed by atoms with E-state index in [1.54, 1.807) is 34.2 Å². The maximum Gasteiger partial charge on any atom is 0.277 e. The fraction of sp³-hybridized carbons (Fsp3) is 0.593. The Morgan fingerprint density at radius 3 is 2.34 bits per heavy atom. The van der Waals surface area contributed by atoms with Gasteiger partial charge < -0.3 is 14.2 Å². The van der Waals surface area contributed by atoms with Gasteiger partial charge in [0.2, 0.25) is 10.0 Å². The number of benzene rings is 1. The van der Waals surface area contributed by atoms with Crippen LogP contribution in [0.4, 0.5) is 0 Å². The molecule has 3 aromatic rings. The summed E-state index contributed by atoms with van der Waals surface area (Å²) in [4.78, 5) is 20.8. The normalized spacial score (nSPS) is 20.2. The predicted octanol–water partition coefficient (Wildman–Crippen LogP) is 3.31. The van der Waals surface area contributed by atoms with Crippen LogP contribution >= 0.6 is 0 Å². The zero-order valence-corrected chi connectivity index (χ0v) is 24.4. The maximum atomic E-state index is 13.9. The molecule has 3 heterocycles. The molecular formula is C27H41N6O4S+. The first-order chi connectivity index (χ1) is 18.0. The van der Waals surface area contributed by atoms with Crippen molar-refractivity contribution in [3.05, 3.63) is 34.2 Å². The number of nitrogens with zero attached hydrogens (tertiary/aromatic N) is 5.